The van der Waals surface area contributed by atoms with Crippen LogP contribution in [0.25, 0.3) is 11.6 Å². The van der Waals surface area contributed by atoms with Gasteiger partial charge in [-0.25, -0.2) is 4.98 Å². The van der Waals surface area contributed by atoms with Crippen LogP contribution in [0.15, 0.2) is 36.7 Å². The summed E-state index contributed by atoms with van der Waals surface area (Å²) in [4.78, 5) is 20.2. The van der Waals surface area contributed by atoms with E-state index in [9.17, 15) is 4.79 Å². The highest BCUT2D eigenvalue weighted by atomic mass is 16.1. The number of aromatic nitrogens is 5. The zero-order valence-corrected chi connectivity index (χ0v) is 15.0. The zero-order valence-electron chi connectivity index (χ0n) is 15.0. The fourth-order valence-corrected chi connectivity index (χ4v) is 3.27. The number of fused-ring (bicyclic) bond motifs is 1. The van der Waals surface area contributed by atoms with Gasteiger partial charge in [0.1, 0.15) is 12.0 Å². The van der Waals surface area contributed by atoms with Gasteiger partial charge in [-0.05, 0) is 23.8 Å². The minimum atomic E-state index is -0.136. The van der Waals surface area contributed by atoms with Crippen molar-refractivity contribution in [1.29, 1.82) is 0 Å². The second-order valence-corrected chi connectivity index (χ2v) is 7.52. The molecule has 0 fully saturated rings. The lowest BCUT2D eigenvalue weighted by molar-refractivity contribution is 0.0940. The molecular weight excluding hydrogens is 328 g/mol. The Balaban J connectivity index is 1.61. The van der Waals surface area contributed by atoms with E-state index in [1.54, 1.807) is 6.33 Å². The average molecular weight is 350 g/mol. The summed E-state index contributed by atoms with van der Waals surface area (Å²) in [5, 5.41) is 11.2. The molecule has 0 atom stereocenters. The van der Waals surface area contributed by atoms with Crippen molar-refractivity contribution in [2.75, 3.05) is 6.54 Å². The van der Waals surface area contributed by atoms with E-state index in [-0.39, 0.29) is 11.3 Å². The summed E-state index contributed by atoms with van der Waals surface area (Å²) in [6.07, 6.45) is 3.34. The lowest BCUT2D eigenvalue weighted by atomic mass is 9.88. The number of benzene rings is 1. The highest BCUT2D eigenvalue weighted by Gasteiger charge is 2.30. The Hall–Kier alpha value is -2.96. The Bertz CT molecular complexity index is 925. The van der Waals surface area contributed by atoms with Crippen molar-refractivity contribution < 1.29 is 4.79 Å². The molecule has 26 heavy (non-hydrogen) atoms. The number of amides is 1. The van der Waals surface area contributed by atoms with Gasteiger partial charge in [-0.15, -0.1) is 10.2 Å². The number of imidazole rings is 1. The molecule has 0 bridgehead atoms. The summed E-state index contributed by atoms with van der Waals surface area (Å²) in [5.74, 6) is 1.11. The van der Waals surface area contributed by atoms with Crippen LogP contribution in [-0.4, -0.2) is 37.2 Å². The number of carbonyl (C=O) groups excluding carboxylic acids is 1. The van der Waals surface area contributed by atoms with Crippen LogP contribution in [0.4, 0.5) is 0 Å². The Labute approximate surface area is 151 Å². The molecule has 1 amide bonds. The average Bonchev–Trinajstić information content (AvgIpc) is 3.23. The number of rotatable bonds is 4. The van der Waals surface area contributed by atoms with Gasteiger partial charge in [0.25, 0.3) is 5.91 Å². The molecule has 2 N–H and O–H groups in total. The molecule has 0 saturated carbocycles. The molecule has 3 heterocycles. The molecule has 134 valence electrons. The van der Waals surface area contributed by atoms with Gasteiger partial charge < -0.3 is 14.9 Å². The van der Waals surface area contributed by atoms with Crippen LogP contribution in [-0.2, 0) is 19.4 Å². The van der Waals surface area contributed by atoms with Gasteiger partial charge in [0, 0.05) is 18.8 Å². The third-order valence-corrected chi connectivity index (χ3v) is 4.69. The van der Waals surface area contributed by atoms with Crippen LogP contribution < -0.4 is 5.32 Å². The molecule has 1 aliphatic heterocycles. The van der Waals surface area contributed by atoms with Gasteiger partial charge in [0.2, 0.25) is 0 Å². The summed E-state index contributed by atoms with van der Waals surface area (Å²) in [7, 11) is 0. The van der Waals surface area contributed by atoms with Crippen molar-refractivity contribution >= 4 is 5.91 Å². The maximum Gasteiger partial charge on any atom is 0.271 e. The maximum absolute atomic E-state index is 12.3. The molecule has 0 spiro atoms. The molecule has 3 aromatic rings. The normalized spacial score (nSPS) is 16.0. The van der Waals surface area contributed by atoms with E-state index >= 15 is 0 Å². The van der Waals surface area contributed by atoms with Crippen molar-refractivity contribution in [3.05, 3.63) is 53.6 Å². The van der Waals surface area contributed by atoms with Gasteiger partial charge in [0.05, 0.1) is 0 Å². The van der Waals surface area contributed by atoms with E-state index in [0.717, 1.165) is 25.1 Å². The van der Waals surface area contributed by atoms with Crippen LogP contribution in [0, 0.1) is 5.41 Å². The van der Waals surface area contributed by atoms with Crippen LogP contribution in [0.5, 0.6) is 0 Å². The van der Waals surface area contributed by atoms with Gasteiger partial charge in [-0.2, -0.15) is 0 Å². The molecule has 4 rings (SSSR count). The maximum atomic E-state index is 12.3. The first kappa shape index (κ1) is 16.5. The lowest BCUT2D eigenvalue weighted by Crippen LogP contribution is -2.32. The van der Waals surface area contributed by atoms with Gasteiger partial charge in [-0.3, -0.25) is 4.79 Å². The second-order valence-electron chi connectivity index (χ2n) is 7.52. The summed E-state index contributed by atoms with van der Waals surface area (Å²) in [6.45, 7) is 5.64. The quantitative estimate of drug-likeness (QED) is 0.755. The van der Waals surface area contributed by atoms with Crippen LogP contribution in [0.3, 0.4) is 0 Å². The SMILES string of the molecule is CC1(C)CNC(=O)c2nc(-c3nncn3CCc3ccccc3)[nH]c2C1. The highest BCUT2D eigenvalue weighted by molar-refractivity contribution is 5.94. The first-order valence-electron chi connectivity index (χ1n) is 8.81. The molecule has 0 unspecified atom stereocenters. The van der Waals surface area contributed by atoms with E-state index in [4.69, 9.17) is 0 Å². The van der Waals surface area contributed by atoms with E-state index in [0.29, 0.717) is 23.9 Å². The monoisotopic (exact) mass is 350 g/mol. The van der Waals surface area contributed by atoms with Crippen LogP contribution in [0.2, 0.25) is 0 Å². The second kappa shape index (κ2) is 6.40. The van der Waals surface area contributed by atoms with Gasteiger partial charge >= 0.3 is 0 Å². The predicted molar refractivity (Wildman–Crippen MR) is 97.6 cm³/mol. The molecule has 1 aromatic carbocycles. The number of nitrogens with one attached hydrogen (secondary N) is 2. The molecule has 0 radical (unpaired) electrons. The first-order valence-corrected chi connectivity index (χ1v) is 8.81. The van der Waals surface area contributed by atoms with E-state index in [1.807, 2.05) is 22.8 Å². The molecular formula is C19H22N6O. The third-order valence-electron chi connectivity index (χ3n) is 4.69. The topological polar surface area (TPSA) is 88.5 Å². The van der Waals surface area contributed by atoms with E-state index < -0.39 is 0 Å². The molecule has 0 aliphatic carbocycles. The minimum Gasteiger partial charge on any atom is -0.350 e. The fraction of sp³-hybridized carbons (Fsp3) is 0.368. The smallest absolute Gasteiger partial charge is 0.271 e. The molecule has 1 aliphatic rings. The number of hydrogen-bond acceptors (Lipinski definition) is 4. The van der Waals surface area contributed by atoms with Gasteiger partial charge in [-0.1, -0.05) is 44.2 Å². The molecule has 7 nitrogen and oxygen atoms in total. The summed E-state index contributed by atoms with van der Waals surface area (Å²) >= 11 is 0. The Kier molecular flexibility index (Phi) is 4.06. The number of H-pyrrole nitrogens is 1. The lowest BCUT2D eigenvalue weighted by Gasteiger charge is -2.21. The van der Waals surface area contributed by atoms with Crippen LogP contribution >= 0.6 is 0 Å². The van der Waals surface area contributed by atoms with Crippen molar-refractivity contribution in [3.8, 4) is 11.6 Å². The molecule has 0 saturated heterocycles. The van der Waals surface area contributed by atoms with E-state index in [2.05, 4.69) is 51.5 Å². The Morgan fingerprint density at radius 1 is 1.23 bits per heavy atom. The highest BCUT2D eigenvalue weighted by Crippen LogP contribution is 2.27. The summed E-state index contributed by atoms with van der Waals surface area (Å²) < 4.78 is 1.97. The number of hydrogen-bond donors (Lipinski definition) is 2. The number of aromatic amines is 1. The Morgan fingerprint density at radius 3 is 2.85 bits per heavy atom. The number of nitrogens with zero attached hydrogens (tertiary/aromatic N) is 4. The van der Waals surface area contributed by atoms with Crippen molar-refractivity contribution in [2.45, 2.75) is 33.2 Å². The molecule has 2 aromatic heterocycles. The van der Waals surface area contributed by atoms with Crippen molar-refractivity contribution in [2.24, 2.45) is 5.41 Å². The third kappa shape index (κ3) is 3.24. The van der Waals surface area contributed by atoms with Crippen molar-refractivity contribution in [3.63, 3.8) is 0 Å². The van der Waals surface area contributed by atoms with Crippen molar-refractivity contribution in [1.82, 2.24) is 30.0 Å². The molecule has 7 heteroatoms. The predicted octanol–water partition coefficient (Wildman–Crippen LogP) is 2.22. The number of aryl methyl sites for hydroxylation is 2. The summed E-state index contributed by atoms with van der Waals surface area (Å²) in [6, 6.07) is 10.3. The zero-order chi connectivity index (χ0) is 18.1. The summed E-state index contributed by atoms with van der Waals surface area (Å²) in [5.41, 5.74) is 2.55. The standard InChI is InChI=1S/C19H22N6O/c1-19(2)10-14-15(18(26)20-11-19)23-16(22-14)17-24-21-12-25(17)9-8-13-6-4-3-5-7-13/h3-7,12H,8-11H2,1-2H3,(H,20,26)(H,22,23). The minimum absolute atomic E-state index is 0.0221. The van der Waals surface area contributed by atoms with E-state index in [1.165, 1.54) is 5.56 Å². The fourth-order valence-electron chi connectivity index (χ4n) is 3.27. The largest absolute Gasteiger partial charge is 0.350 e. The first-order chi connectivity index (χ1) is 12.5. The Morgan fingerprint density at radius 2 is 2.04 bits per heavy atom. The van der Waals surface area contributed by atoms with Crippen LogP contribution in [0.1, 0.15) is 35.6 Å². The number of carbonyl (C=O) groups is 1. The van der Waals surface area contributed by atoms with Gasteiger partial charge in [0.15, 0.2) is 11.6 Å².